The molecule has 7 nitrogen and oxygen atoms in total. The summed E-state index contributed by atoms with van der Waals surface area (Å²) in [5.41, 5.74) is 1.46. The van der Waals surface area contributed by atoms with Gasteiger partial charge in [0.2, 0.25) is 0 Å². The largest absolute Gasteiger partial charge is 0.493 e. The minimum atomic E-state index is -3.76. The fourth-order valence-corrected chi connectivity index (χ4v) is 3.86. The molecule has 2 aromatic rings. The molecule has 1 atom stereocenters. The van der Waals surface area contributed by atoms with E-state index in [4.69, 9.17) is 9.47 Å². The number of nitro benzene ring substituents is 1. The van der Waals surface area contributed by atoms with Crippen LogP contribution in [0.1, 0.15) is 25.0 Å². The van der Waals surface area contributed by atoms with Gasteiger partial charge in [-0.3, -0.25) is 10.1 Å². The lowest BCUT2D eigenvalue weighted by Gasteiger charge is -2.10. The molecule has 27 heavy (non-hydrogen) atoms. The van der Waals surface area contributed by atoms with E-state index in [9.17, 15) is 18.5 Å². The first-order valence-electron chi connectivity index (χ1n) is 8.44. The Morgan fingerprint density at radius 2 is 2.00 bits per heavy atom. The van der Waals surface area contributed by atoms with Crippen molar-refractivity contribution >= 4 is 21.6 Å². The number of benzene rings is 2. The van der Waals surface area contributed by atoms with E-state index in [1.54, 1.807) is 6.07 Å². The molecule has 8 heteroatoms. The van der Waals surface area contributed by atoms with Crippen LogP contribution in [0.25, 0.3) is 6.08 Å². The van der Waals surface area contributed by atoms with Crippen molar-refractivity contribution in [1.82, 2.24) is 0 Å². The minimum Gasteiger partial charge on any atom is -0.493 e. The number of non-ortho nitro benzene ring substituents is 1. The zero-order valence-corrected chi connectivity index (χ0v) is 15.7. The van der Waals surface area contributed by atoms with E-state index in [0.717, 1.165) is 35.3 Å². The van der Waals surface area contributed by atoms with Gasteiger partial charge in [0.05, 0.1) is 16.4 Å². The van der Waals surface area contributed by atoms with Crippen molar-refractivity contribution in [1.29, 1.82) is 0 Å². The first-order valence-corrected chi connectivity index (χ1v) is 9.99. The molecule has 0 saturated heterocycles. The summed E-state index contributed by atoms with van der Waals surface area (Å²) in [5.74, 6) is 1.31. The number of nitrogens with zero attached hydrogens (tertiary/aromatic N) is 1. The highest BCUT2D eigenvalue weighted by molar-refractivity contribution is 7.94. The number of hydrogen-bond acceptors (Lipinski definition) is 6. The highest BCUT2D eigenvalue weighted by Crippen LogP contribution is 2.36. The molecule has 0 aliphatic carbocycles. The van der Waals surface area contributed by atoms with Crippen LogP contribution in [-0.4, -0.2) is 26.1 Å². The third-order valence-electron chi connectivity index (χ3n) is 4.13. The number of ether oxygens (including phenoxy) is 2. The van der Waals surface area contributed by atoms with Crippen LogP contribution in [0.4, 0.5) is 5.69 Å². The number of rotatable bonds is 6. The molecule has 0 aromatic heterocycles. The van der Waals surface area contributed by atoms with Crippen LogP contribution >= 0.6 is 0 Å². The van der Waals surface area contributed by atoms with Crippen molar-refractivity contribution in [2.45, 2.75) is 31.3 Å². The summed E-state index contributed by atoms with van der Waals surface area (Å²) in [6, 6.07) is 8.41. The Balaban J connectivity index is 1.92. The van der Waals surface area contributed by atoms with Crippen LogP contribution in [0.5, 0.6) is 11.5 Å². The molecule has 1 aliphatic heterocycles. The monoisotopic (exact) mass is 389 g/mol. The van der Waals surface area contributed by atoms with Crippen LogP contribution < -0.4 is 9.47 Å². The Bertz CT molecular complexity index is 996. The predicted molar refractivity (Wildman–Crippen MR) is 101 cm³/mol. The van der Waals surface area contributed by atoms with E-state index in [0.29, 0.717) is 17.9 Å². The van der Waals surface area contributed by atoms with Crippen molar-refractivity contribution in [3.8, 4) is 11.5 Å². The molecule has 0 fully saturated rings. The molecular weight excluding hydrogens is 370 g/mol. The van der Waals surface area contributed by atoms with Crippen molar-refractivity contribution in [2.75, 3.05) is 6.61 Å². The summed E-state index contributed by atoms with van der Waals surface area (Å²) in [4.78, 5) is 10.1. The van der Waals surface area contributed by atoms with Gasteiger partial charge in [-0.15, -0.1) is 0 Å². The molecule has 0 radical (unpaired) electrons. The molecule has 3 rings (SSSR count). The van der Waals surface area contributed by atoms with E-state index >= 15 is 0 Å². The lowest BCUT2D eigenvalue weighted by Crippen LogP contribution is -2.05. The number of fused-ring (bicyclic) bond motifs is 1. The third kappa shape index (κ3) is 4.11. The first kappa shape index (κ1) is 18.9. The smallest absolute Gasteiger partial charge is 0.269 e. The molecule has 1 aliphatic rings. The number of hydrogen-bond donors (Lipinski definition) is 0. The predicted octanol–water partition coefficient (Wildman–Crippen LogP) is 3.76. The second kappa shape index (κ2) is 7.40. The van der Waals surface area contributed by atoms with Crippen LogP contribution in [0.3, 0.4) is 0 Å². The lowest BCUT2D eigenvalue weighted by atomic mass is 10.1. The zero-order chi connectivity index (χ0) is 19.6. The van der Waals surface area contributed by atoms with E-state index in [1.807, 2.05) is 19.9 Å². The van der Waals surface area contributed by atoms with Crippen LogP contribution in [-0.2, 0) is 16.3 Å². The maximum absolute atomic E-state index is 12.5. The normalized spacial score (nSPS) is 16.1. The van der Waals surface area contributed by atoms with Crippen LogP contribution in [0.15, 0.2) is 46.7 Å². The quantitative estimate of drug-likeness (QED) is 0.551. The van der Waals surface area contributed by atoms with E-state index in [1.165, 1.54) is 18.2 Å². The fraction of sp³-hybridized carbons (Fsp3) is 0.263. The molecule has 142 valence electrons. The standard InChI is InChI=1S/C19H19NO6S/c1-3-25-18-12-15-10-13(2)26-19(15)11-14(18)8-9-27(23,24)17-6-4-16(5-7-17)20(21)22/h4-9,11-13H,3,10H2,1-2H3/b9-8+/t13-/m0/s1. The molecule has 0 amide bonds. The Kier molecular flexibility index (Phi) is 5.18. The van der Waals surface area contributed by atoms with E-state index in [-0.39, 0.29) is 16.7 Å². The van der Waals surface area contributed by atoms with Gasteiger partial charge in [0.1, 0.15) is 17.6 Å². The summed E-state index contributed by atoms with van der Waals surface area (Å²) >= 11 is 0. The highest BCUT2D eigenvalue weighted by Gasteiger charge is 2.21. The SMILES string of the molecule is CCOc1cc2c(cc1/C=C/S(=O)(=O)c1ccc([N+](=O)[O-])cc1)O[C@@H](C)C2. The minimum absolute atomic E-state index is 0.0201. The van der Waals surface area contributed by atoms with Gasteiger partial charge in [0, 0.05) is 35.1 Å². The maximum Gasteiger partial charge on any atom is 0.269 e. The molecule has 0 saturated carbocycles. The van der Waals surface area contributed by atoms with E-state index < -0.39 is 14.8 Å². The second-order valence-electron chi connectivity index (χ2n) is 6.16. The Morgan fingerprint density at radius 3 is 2.63 bits per heavy atom. The Labute approximate surface area is 157 Å². The highest BCUT2D eigenvalue weighted by atomic mass is 32.2. The molecule has 0 bridgehead atoms. The second-order valence-corrected chi connectivity index (χ2v) is 8.00. The third-order valence-corrected chi connectivity index (χ3v) is 5.55. The first-order chi connectivity index (χ1) is 12.8. The lowest BCUT2D eigenvalue weighted by molar-refractivity contribution is -0.384. The summed E-state index contributed by atoms with van der Waals surface area (Å²) in [6.07, 6.45) is 2.30. The molecule has 2 aromatic carbocycles. The van der Waals surface area contributed by atoms with E-state index in [2.05, 4.69) is 0 Å². The van der Waals surface area contributed by atoms with Crippen molar-refractivity contribution in [3.63, 3.8) is 0 Å². The van der Waals surface area contributed by atoms with Crippen molar-refractivity contribution in [3.05, 3.63) is 63.0 Å². The van der Waals surface area contributed by atoms with Crippen molar-refractivity contribution < 1.29 is 22.8 Å². The van der Waals surface area contributed by atoms with Gasteiger partial charge >= 0.3 is 0 Å². The Morgan fingerprint density at radius 1 is 1.30 bits per heavy atom. The average Bonchev–Trinajstić information content (AvgIpc) is 2.99. The number of nitro groups is 1. The van der Waals surface area contributed by atoms with Crippen molar-refractivity contribution in [2.24, 2.45) is 0 Å². The molecule has 0 N–H and O–H groups in total. The molecule has 0 unspecified atom stereocenters. The average molecular weight is 389 g/mol. The van der Waals surface area contributed by atoms with Gasteiger partial charge < -0.3 is 9.47 Å². The maximum atomic E-state index is 12.5. The van der Waals surface area contributed by atoms with Gasteiger partial charge in [-0.05, 0) is 44.2 Å². The topological polar surface area (TPSA) is 95.7 Å². The number of sulfone groups is 1. The van der Waals surface area contributed by atoms with Crippen LogP contribution in [0, 0.1) is 10.1 Å². The molecule has 1 heterocycles. The summed E-state index contributed by atoms with van der Waals surface area (Å²) in [6.45, 7) is 4.27. The molecule has 0 spiro atoms. The Hall–Kier alpha value is -2.87. The van der Waals surface area contributed by atoms with Gasteiger partial charge in [0.15, 0.2) is 9.84 Å². The summed E-state index contributed by atoms with van der Waals surface area (Å²) in [7, 11) is -3.76. The van der Waals surface area contributed by atoms with Crippen LogP contribution in [0.2, 0.25) is 0 Å². The zero-order valence-electron chi connectivity index (χ0n) is 14.9. The molecular formula is C19H19NO6S. The summed E-state index contributed by atoms with van der Waals surface area (Å²) in [5, 5.41) is 11.8. The van der Waals surface area contributed by atoms with Gasteiger partial charge in [-0.25, -0.2) is 8.42 Å². The van der Waals surface area contributed by atoms with Gasteiger partial charge in [-0.2, -0.15) is 0 Å². The fourth-order valence-electron chi connectivity index (χ4n) is 2.86. The summed E-state index contributed by atoms with van der Waals surface area (Å²) < 4.78 is 36.4. The van der Waals surface area contributed by atoms with Gasteiger partial charge in [-0.1, -0.05) is 0 Å². The van der Waals surface area contributed by atoms with Gasteiger partial charge in [0.25, 0.3) is 5.69 Å².